The molecule has 0 aliphatic carbocycles. The predicted octanol–water partition coefficient (Wildman–Crippen LogP) is 3.94. The molecule has 2 aromatic carbocycles. The van der Waals surface area contributed by atoms with Crippen LogP contribution < -0.4 is 15.2 Å². The molecule has 1 heterocycles. The molecular weight excluding hydrogens is 632 g/mol. The number of amides is 1. The maximum atomic E-state index is 12.4. The Kier molecular flexibility index (Phi) is 12.7. The van der Waals surface area contributed by atoms with Crippen LogP contribution in [0.1, 0.15) is 34.3 Å². The Morgan fingerprint density at radius 2 is 1.30 bits per heavy atom. The van der Waals surface area contributed by atoms with E-state index in [2.05, 4.69) is 0 Å². The van der Waals surface area contributed by atoms with Crippen LogP contribution >= 0.6 is 0 Å². The Labute approximate surface area is 258 Å². The molecule has 1 aliphatic heterocycles. The lowest BCUT2D eigenvalue weighted by molar-refractivity contribution is -0.193. The Balaban J connectivity index is 0.000000521. The first-order valence-corrected chi connectivity index (χ1v) is 13.2. The predicted molar refractivity (Wildman–Crippen MR) is 149 cm³/mol. The number of nitrogens with one attached hydrogen (secondary N) is 2. The van der Waals surface area contributed by atoms with Gasteiger partial charge >= 0.3 is 36.0 Å². The van der Waals surface area contributed by atoms with Crippen molar-refractivity contribution < 1.29 is 59.7 Å². The Bertz CT molecular complexity index is 1430. The second kappa shape index (κ2) is 15.7. The molecule has 0 bridgehead atoms. The van der Waals surface area contributed by atoms with Crippen molar-refractivity contribution in [3.63, 3.8) is 0 Å². The molecule has 0 radical (unpaired) electrons. The number of hydrogen-bond acceptors (Lipinski definition) is 9. The summed E-state index contributed by atoms with van der Waals surface area (Å²) >= 11 is 0. The minimum absolute atomic E-state index is 0.00268. The average Bonchev–Trinajstić information content (AvgIpc) is 3.53. The molecule has 0 spiro atoms. The average molecular weight is 662 g/mol. The van der Waals surface area contributed by atoms with Gasteiger partial charge in [0, 0.05) is 38.3 Å². The standard InChI is InChI=1S/C24H29N5O5.C4F6O2/c1-28(2)24(31)34-19-10-9-18(21(25)26)15-20(19)32-13-14-33-23(30)17-7-5-16(6-8-17)22(27)29-11-3-4-12-29;5-3(6,7)1(11)2(12)4(8,9)10/h5-10,15,27H,3-4,11-14H2,1-2H3,(H3,25,26);. The Morgan fingerprint density at radius 1 is 0.804 bits per heavy atom. The number of nitrogens with zero attached hydrogens (tertiary/aromatic N) is 2. The number of nitrogens with two attached hydrogens (primary N) is 1. The first kappa shape index (κ1) is 37.0. The summed E-state index contributed by atoms with van der Waals surface area (Å²) in [5.41, 5.74) is 7.06. The summed E-state index contributed by atoms with van der Waals surface area (Å²) < 4.78 is 83.2. The van der Waals surface area contributed by atoms with Crippen LogP contribution in [-0.2, 0) is 14.3 Å². The highest BCUT2D eigenvalue weighted by atomic mass is 19.4. The van der Waals surface area contributed by atoms with Gasteiger partial charge in [-0.3, -0.25) is 20.4 Å². The molecule has 0 saturated carbocycles. The number of carbonyl (C=O) groups is 4. The van der Waals surface area contributed by atoms with Crippen LogP contribution in [0.15, 0.2) is 42.5 Å². The zero-order valence-corrected chi connectivity index (χ0v) is 24.4. The Morgan fingerprint density at radius 3 is 1.78 bits per heavy atom. The van der Waals surface area contributed by atoms with Crippen LogP contribution in [0.4, 0.5) is 31.1 Å². The molecule has 2 aromatic rings. The molecular formula is C28H29F6N5O7. The van der Waals surface area contributed by atoms with Gasteiger partial charge in [0.1, 0.15) is 24.9 Å². The van der Waals surface area contributed by atoms with Crippen molar-refractivity contribution in [3.8, 4) is 11.5 Å². The maximum absolute atomic E-state index is 12.4. The second-order valence-electron chi connectivity index (χ2n) is 9.60. The van der Waals surface area contributed by atoms with Crippen molar-refractivity contribution in [3.05, 3.63) is 59.2 Å². The number of amidine groups is 2. The van der Waals surface area contributed by atoms with Crippen molar-refractivity contribution in [2.75, 3.05) is 40.4 Å². The normalized spacial score (nSPS) is 12.7. The number of benzene rings is 2. The lowest BCUT2D eigenvalue weighted by Gasteiger charge is -2.18. The fraction of sp³-hybridized carbons (Fsp3) is 0.357. The van der Waals surface area contributed by atoms with E-state index in [1.165, 1.54) is 17.0 Å². The van der Waals surface area contributed by atoms with Crippen molar-refractivity contribution in [2.45, 2.75) is 25.2 Å². The van der Waals surface area contributed by atoms with Crippen LogP contribution in [0.5, 0.6) is 11.5 Å². The monoisotopic (exact) mass is 661 g/mol. The number of hydrogen-bond donors (Lipinski definition) is 3. The van der Waals surface area contributed by atoms with E-state index in [0.717, 1.165) is 31.5 Å². The van der Waals surface area contributed by atoms with Crippen LogP contribution in [0, 0.1) is 10.8 Å². The highest BCUT2D eigenvalue weighted by Gasteiger charge is 2.54. The molecule has 1 saturated heterocycles. The molecule has 0 unspecified atom stereocenters. The van der Waals surface area contributed by atoms with Gasteiger partial charge < -0.3 is 29.7 Å². The highest BCUT2D eigenvalue weighted by molar-refractivity contribution is 6.41. The topological polar surface area (TPSA) is 176 Å². The van der Waals surface area contributed by atoms with E-state index in [1.807, 2.05) is 4.90 Å². The number of ether oxygens (including phenoxy) is 3. The molecule has 12 nitrogen and oxygen atoms in total. The third kappa shape index (κ3) is 10.8. The summed E-state index contributed by atoms with van der Waals surface area (Å²) in [7, 11) is 3.10. The second-order valence-corrected chi connectivity index (χ2v) is 9.60. The number of rotatable bonds is 9. The highest BCUT2D eigenvalue weighted by Crippen LogP contribution is 2.29. The van der Waals surface area contributed by atoms with Gasteiger partial charge in [0.05, 0.1) is 5.56 Å². The zero-order chi connectivity index (χ0) is 34.8. The smallest absolute Gasteiger partial charge is 0.458 e. The first-order valence-electron chi connectivity index (χ1n) is 13.2. The summed E-state index contributed by atoms with van der Waals surface area (Å²) in [5, 5.41) is 15.9. The number of esters is 1. The van der Waals surface area contributed by atoms with Gasteiger partial charge in [0.25, 0.3) is 0 Å². The van der Waals surface area contributed by atoms with Crippen molar-refractivity contribution in [1.82, 2.24) is 9.80 Å². The summed E-state index contributed by atoms with van der Waals surface area (Å²) in [6, 6.07) is 11.3. The third-order valence-electron chi connectivity index (χ3n) is 5.93. The number of nitrogen functional groups attached to an aromatic ring is 1. The van der Waals surface area contributed by atoms with Crippen LogP contribution in [0.2, 0.25) is 0 Å². The molecule has 0 atom stereocenters. The minimum Gasteiger partial charge on any atom is -0.486 e. The van der Waals surface area contributed by atoms with E-state index in [1.54, 1.807) is 44.4 Å². The number of ketones is 2. The number of carbonyl (C=O) groups excluding carboxylic acids is 4. The Hall–Kier alpha value is -5.16. The summed E-state index contributed by atoms with van der Waals surface area (Å²) in [6.45, 7) is 1.72. The number of Topliss-reactive ketones (excluding diaryl/α,β-unsaturated/α-hetero) is 2. The van der Waals surface area contributed by atoms with Gasteiger partial charge in [0.15, 0.2) is 11.5 Å². The zero-order valence-electron chi connectivity index (χ0n) is 24.4. The van der Waals surface area contributed by atoms with Gasteiger partial charge in [-0.05, 0) is 43.2 Å². The molecule has 4 N–H and O–H groups in total. The van der Waals surface area contributed by atoms with E-state index >= 15 is 0 Å². The van der Waals surface area contributed by atoms with E-state index in [-0.39, 0.29) is 30.5 Å². The maximum Gasteiger partial charge on any atom is 0.458 e. The van der Waals surface area contributed by atoms with E-state index in [9.17, 15) is 45.5 Å². The molecule has 250 valence electrons. The minimum atomic E-state index is -5.77. The van der Waals surface area contributed by atoms with Crippen molar-refractivity contribution >= 4 is 35.3 Å². The first-order chi connectivity index (χ1) is 21.3. The van der Waals surface area contributed by atoms with E-state index in [0.29, 0.717) is 17.0 Å². The van der Waals surface area contributed by atoms with Crippen LogP contribution in [0.3, 0.4) is 0 Å². The molecule has 0 aromatic heterocycles. The number of halogens is 6. The molecule has 1 aliphatic rings. The SMILES string of the molecule is CN(C)C(=O)Oc1ccc(C(=N)N)cc1OCCOC(=O)c1ccc(C(=N)N2CCCC2)cc1.O=C(C(=O)C(F)(F)F)C(F)(F)F. The molecule has 1 amide bonds. The van der Waals surface area contributed by atoms with Crippen LogP contribution in [0.25, 0.3) is 0 Å². The van der Waals surface area contributed by atoms with Gasteiger partial charge in [-0.25, -0.2) is 9.59 Å². The summed E-state index contributed by atoms with van der Waals surface area (Å²) in [6.07, 6.45) is -9.95. The van der Waals surface area contributed by atoms with Gasteiger partial charge in [-0.15, -0.1) is 0 Å². The third-order valence-corrected chi connectivity index (χ3v) is 5.93. The fourth-order valence-corrected chi connectivity index (χ4v) is 3.57. The van der Waals surface area contributed by atoms with Gasteiger partial charge in [0.2, 0.25) is 0 Å². The van der Waals surface area contributed by atoms with Gasteiger partial charge in [-0.2, -0.15) is 26.3 Å². The lowest BCUT2D eigenvalue weighted by atomic mass is 10.1. The fourth-order valence-electron chi connectivity index (χ4n) is 3.57. The summed E-state index contributed by atoms with van der Waals surface area (Å²) in [5.74, 6) is -6.67. The molecule has 1 fully saturated rings. The van der Waals surface area contributed by atoms with E-state index in [4.69, 9.17) is 30.8 Å². The van der Waals surface area contributed by atoms with Crippen molar-refractivity contribution in [2.24, 2.45) is 5.73 Å². The van der Waals surface area contributed by atoms with E-state index < -0.39 is 36.0 Å². The lowest BCUT2D eigenvalue weighted by Crippen LogP contribution is -2.39. The quantitative estimate of drug-likeness (QED) is 0.0898. The summed E-state index contributed by atoms with van der Waals surface area (Å²) in [4.78, 5) is 46.8. The number of alkyl halides is 6. The molecule has 46 heavy (non-hydrogen) atoms. The van der Waals surface area contributed by atoms with Gasteiger partial charge in [-0.1, -0.05) is 12.1 Å². The van der Waals surface area contributed by atoms with Crippen LogP contribution in [-0.4, -0.2) is 97.9 Å². The van der Waals surface area contributed by atoms with Crippen molar-refractivity contribution in [1.29, 1.82) is 10.8 Å². The molecule has 18 heteroatoms. The largest absolute Gasteiger partial charge is 0.486 e. The number of likely N-dealkylation sites (tertiary alicyclic amines) is 1. The molecule has 3 rings (SSSR count).